The van der Waals surface area contributed by atoms with Crippen molar-refractivity contribution in [2.24, 2.45) is 0 Å². The van der Waals surface area contributed by atoms with Gasteiger partial charge in [0.2, 0.25) is 0 Å². The molecule has 0 saturated carbocycles. The number of amides is 1. The van der Waals surface area contributed by atoms with Crippen LogP contribution in [0.15, 0.2) is 67.0 Å². The minimum atomic E-state index is -0.107. The molecule has 0 atom stereocenters. The van der Waals surface area contributed by atoms with Gasteiger partial charge in [-0.3, -0.25) is 9.20 Å². The Hall–Kier alpha value is -3.54. The van der Waals surface area contributed by atoms with Gasteiger partial charge in [0, 0.05) is 30.1 Å². The Balaban J connectivity index is 1.48. The van der Waals surface area contributed by atoms with Crippen LogP contribution < -0.4 is 5.32 Å². The Morgan fingerprint density at radius 3 is 2.58 bits per heavy atom. The molecule has 1 amide bonds. The summed E-state index contributed by atoms with van der Waals surface area (Å²) in [6, 6.07) is 17.2. The Labute approximate surface area is 150 Å². The monoisotopic (exact) mass is 343 g/mol. The van der Waals surface area contributed by atoms with Crippen LogP contribution in [-0.4, -0.2) is 25.5 Å². The number of nitrogens with one attached hydrogen (secondary N) is 1. The van der Waals surface area contributed by atoms with Crippen molar-refractivity contribution in [3.63, 3.8) is 0 Å². The highest BCUT2D eigenvalue weighted by atomic mass is 16.1. The van der Waals surface area contributed by atoms with Crippen molar-refractivity contribution in [2.75, 3.05) is 0 Å². The van der Waals surface area contributed by atoms with E-state index in [0.29, 0.717) is 23.7 Å². The van der Waals surface area contributed by atoms with E-state index in [-0.39, 0.29) is 5.91 Å². The topological polar surface area (TPSA) is 72.2 Å². The van der Waals surface area contributed by atoms with Crippen molar-refractivity contribution < 1.29 is 4.79 Å². The van der Waals surface area contributed by atoms with Crippen molar-refractivity contribution in [1.29, 1.82) is 0 Å². The molecule has 0 unspecified atom stereocenters. The summed E-state index contributed by atoms with van der Waals surface area (Å²) in [5.74, 6) is 1.13. The van der Waals surface area contributed by atoms with Gasteiger partial charge in [-0.05, 0) is 30.7 Å². The van der Waals surface area contributed by atoms with Crippen molar-refractivity contribution in [2.45, 2.75) is 13.5 Å². The first kappa shape index (κ1) is 16.0. The summed E-state index contributed by atoms with van der Waals surface area (Å²) >= 11 is 0. The van der Waals surface area contributed by atoms with E-state index in [1.165, 1.54) is 5.56 Å². The number of carbonyl (C=O) groups excluding carboxylic acids is 1. The van der Waals surface area contributed by atoms with Crippen LogP contribution in [0, 0.1) is 6.92 Å². The van der Waals surface area contributed by atoms with Crippen LogP contribution in [0.5, 0.6) is 0 Å². The number of benzene rings is 2. The van der Waals surface area contributed by atoms with E-state index in [1.807, 2.05) is 60.0 Å². The molecule has 0 aliphatic rings. The Kier molecular flexibility index (Phi) is 4.15. The molecule has 0 aliphatic heterocycles. The fourth-order valence-corrected chi connectivity index (χ4v) is 2.70. The third kappa shape index (κ3) is 3.17. The van der Waals surface area contributed by atoms with Crippen LogP contribution in [0.1, 0.15) is 21.5 Å². The minimum Gasteiger partial charge on any atom is -0.348 e. The highest BCUT2D eigenvalue weighted by Crippen LogP contribution is 2.18. The standard InChI is InChI=1S/C20H17N5O/c1-14-3-5-15(6-4-14)13-22-19(26)17-9-7-16(8-10-17)18-23-24-20-21-11-2-12-25(18)20/h2-12H,13H2,1H3,(H,22,26). The molecule has 6 nitrogen and oxygen atoms in total. The Bertz CT molecular complexity index is 1050. The first-order chi connectivity index (χ1) is 12.7. The molecule has 128 valence electrons. The molecule has 0 fully saturated rings. The van der Waals surface area contributed by atoms with Gasteiger partial charge in [0.25, 0.3) is 11.7 Å². The molecule has 0 saturated heterocycles. The molecular weight excluding hydrogens is 326 g/mol. The van der Waals surface area contributed by atoms with Gasteiger partial charge in [-0.1, -0.05) is 42.0 Å². The quantitative estimate of drug-likeness (QED) is 0.618. The van der Waals surface area contributed by atoms with E-state index in [1.54, 1.807) is 18.3 Å². The maximum Gasteiger partial charge on any atom is 0.255 e. The van der Waals surface area contributed by atoms with Gasteiger partial charge in [0.05, 0.1) is 0 Å². The van der Waals surface area contributed by atoms with Crippen LogP contribution in [-0.2, 0) is 6.54 Å². The van der Waals surface area contributed by atoms with E-state index in [4.69, 9.17) is 0 Å². The molecule has 6 heteroatoms. The predicted molar refractivity (Wildman–Crippen MR) is 98.6 cm³/mol. The number of hydrogen-bond acceptors (Lipinski definition) is 4. The normalized spacial score (nSPS) is 10.8. The van der Waals surface area contributed by atoms with E-state index in [0.717, 1.165) is 11.1 Å². The number of aryl methyl sites for hydroxylation is 1. The second kappa shape index (κ2) is 6.76. The van der Waals surface area contributed by atoms with Gasteiger partial charge in [0.15, 0.2) is 5.82 Å². The molecule has 4 rings (SSSR count). The summed E-state index contributed by atoms with van der Waals surface area (Å²) in [7, 11) is 0. The molecule has 2 heterocycles. The molecule has 2 aromatic heterocycles. The second-order valence-electron chi connectivity index (χ2n) is 6.06. The van der Waals surface area contributed by atoms with E-state index in [2.05, 4.69) is 20.5 Å². The van der Waals surface area contributed by atoms with Crippen LogP contribution in [0.4, 0.5) is 0 Å². The summed E-state index contributed by atoms with van der Waals surface area (Å²) < 4.78 is 1.81. The van der Waals surface area contributed by atoms with Crippen molar-refractivity contribution in [1.82, 2.24) is 24.9 Å². The number of carbonyl (C=O) groups is 1. The van der Waals surface area contributed by atoms with Gasteiger partial charge >= 0.3 is 0 Å². The van der Waals surface area contributed by atoms with Crippen LogP contribution in [0.25, 0.3) is 17.2 Å². The number of nitrogens with zero attached hydrogens (tertiary/aromatic N) is 4. The predicted octanol–water partition coefficient (Wildman–Crippen LogP) is 3.03. The average molecular weight is 343 g/mol. The molecule has 26 heavy (non-hydrogen) atoms. The zero-order valence-electron chi connectivity index (χ0n) is 14.3. The lowest BCUT2D eigenvalue weighted by atomic mass is 10.1. The van der Waals surface area contributed by atoms with Crippen molar-refractivity contribution >= 4 is 11.7 Å². The van der Waals surface area contributed by atoms with Gasteiger partial charge in [-0.15, -0.1) is 10.2 Å². The molecule has 4 aromatic rings. The third-order valence-electron chi connectivity index (χ3n) is 4.17. The first-order valence-corrected chi connectivity index (χ1v) is 8.31. The zero-order valence-corrected chi connectivity index (χ0v) is 14.3. The Morgan fingerprint density at radius 2 is 1.81 bits per heavy atom. The lowest BCUT2D eigenvalue weighted by Crippen LogP contribution is -2.22. The minimum absolute atomic E-state index is 0.107. The number of fused-ring (bicyclic) bond motifs is 1. The largest absolute Gasteiger partial charge is 0.348 e. The van der Waals surface area contributed by atoms with Gasteiger partial charge in [0.1, 0.15) is 0 Å². The van der Waals surface area contributed by atoms with Crippen molar-refractivity contribution in [3.8, 4) is 11.4 Å². The van der Waals surface area contributed by atoms with Crippen LogP contribution >= 0.6 is 0 Å². The van der Waals surface area contributed by atoms with Crippen LogP contribution in [0.3, 0.4) is 0 Å². The lowest BCUT2D eigenvalue weighted by molar-refractivity contribution is 0.0951. The van der Waals surface area contributed by atoms with E-state index < -0.39 is 0 Å². The summed E-state index contributed by atoms with van der Waals surface area (Å²) in [5.41, 5.74) is 3.75. The Morgan fingerprint density at radius 1 is 1.04 bits per heavy atom. The number of rotatable bonds is 4. The van der Waals surface area contributed by atoms with Gasteiger partial charge < -0.3 is 5.32 Å². The number of aromatic nitrogens is 4. The van der Waals surface area contributed by atoms with E-state index >= 15 is 0 Å². The summed E-state index contributed by atoms with van der Waals surface area (Å²) in [4.78, 5) is 16.5. The maximum absolute atomic E-state index is 12.3. The molecule has 2 aromatic carbocycles. The molecule has 1 N–H and O–H groups in total. The highest BCUT2D eigenvalue weighted by Gasteiger charge is 2.10. The fraction of sp³-hybridized carbons (Fsp3) is 0.100. The molecule has 0 spiro atoms. The van der Waals surface area contributed by atoms with Gasteiger partial charge in [-0.2, -0.15) is 0 Å². The molecule has 0 bridgehead atoms. The maximum atomic E-state index is 12.3. The van der Waals surface area contributed by atoms with Crippen LogP contribution in [0.2, 0.25) is 0 Å². The SMILES string of the molecule is Cc1ccc(CNC(=O)c2ccc(-c3nnc4ncccn34)cc2)cc1. The molecule has 0 radical (unpaired) electrons. The fourth-order valence-electron chi connectivity index (χ4n) is 2.70. The lowest BCUT2D eigenvalue weighted by Gasteiger charge is -2.06. The smallest absolute Gasteiger partial charge is 0.255 e. The van der Waals surface area contributed by atoms with Crippen molar-refractivity contribution in [3.05, 3.63) is 83.7 Å². The molecular formula is C20H17N5O. The zero-order chi connectivity index (χ0) is 17.9. The molecule has 0 aliphatic carbocycles. The van der Waals surface area contributed by atoms with E-state index in [9.17, 15) is 4.79 Å². The average Bonchev–Trinajstić information content (AvgIpc) is 3.11. The highest BCUT2D eigenvalue weighted by molar-refractivity contribution is 5.94. The number of hydrogen-bond donors (Lipinski definition) is 1. The summed E-state index contributed by atoms with van der Waals surface area (Å²) in [6.07, 6.45) is 3.54. The summed E-state index contributed by atoms with van der Waals surface area (Å²) in [6.45, 7) is 2.54. The summed E-state index contributed by atoms with van der Waals surface area (Å²) in [5, 5.41) is 11.2. The third-order valence-corrected chi connectivity index (χ3v) is 4.17. The first-order valence-electron chi connectivity index (χ1n) is 8.31. The second-order valence-corrected chi connectivity index (χ2v) is 6.06. The van der Waals surface area contributed by atoms with Gasteiger partial charge in [-0.25, -0.2) is 4.98 Å².